The molecule has 0 N–H and O–H groups in total. The van der Waals surface area contributed by atoms with Gasteiger partial charge in [-0.3, -0.25) is 0 Å². The Hall–Kier alpha value is 0.820. The average Bonchev–Trinajstić information content (AvgIpc) is 2.36. The summed E-state index contributed by atoms with van der Waals surface area (Å²) in [6.07, 6.45) is 0.879. The van der Waals surface area contributed by atoms with E-state index >= 15 is 0 Å². The van der Waals surface area contributed by atoms with Gasteiger partial charge in [0.2, 0.25) is 0 Å². The molecule has 66 valence electrons. The molecule has 0 aliphatic heterocycles. The van der Waals surface area contributed by atoms with E-state index in [1.165, 1.54) is 0 Å². The Morgan fingerprint density at radius 2 is 1.91 bits per heavy atom. The maximum atomic E-state index is 12.6. The molecule has 0 spiro atoms. The molecule has 0 saturated heterocycles. The third-order valence-corrected chi connectivity index (χ3v) is 4.58. The van der Waals surface area contributed by atoms with E-state index in [4.69, 9.17) is 0 Å². The number of alkyl halides is 4. The fourth-order valence-corrected chi connectivity index (χ4v) is 2.46. The van der Waals surface area contributed by atoms with Crippen molar-refractivity contribution in [1.29, 1.82) is 0 Å². The molecular formula is C7H10Br2F2. The van der Waals surface area contributed by atoms with Gasteiger partial charge < -0.3 is 0 Å². The Balaban J connectivity index is 2.52. The van der Waals surface area contributed by atoms with Crippen LogP contribution in [0.2, 0.25) is 0 Å². The Kier molecular flexibility index (Phi) is 2.39. The SMILES string of the molecule is CC1(C)CC1C(Br)C(F)(F)Br. The van der Waals surface area contributed by atoms with Crippen LogP contribution in [0.5, 0.6) is 0 Å². The predicted molar refractivity (Wildman–Crippen MR) is 48.5 cm³/mol. The van der Waals surface area contributed by atoms with Crippen LogP contribution in [0.4, 0.5) is 8.78 Å². The fraction of sp³-hybridized carbons (Fsp3) is 1.00. The smallest absolute Gasteiger partial charge is 0.192 e. The number of hydrogen-bond acceptors (Lipinski definition) is 0. The van der Waals surface area contributed by atoms with Gasteiger partial charge in [0.1, 0.15) is 0 Å². The largest absolute Gasteiger partial charge is 0.313 e. The van der Waals surface area contributed by atoms with Crippen molar-refractivity contribution in [3.63, 3.8) is 0 Å². The quantitative estimate of drug-likeness (QED) is 0.679. The summed E-state index contributed by atoms with van der Waals surface area (Å²) in [7, 11) is 0. The Labute approximate surface area is 82.0 Å². The fourth-order valence-electron chi connectivity index (χ4n) is 1.24. The first-order valence-corrected chi connectivity index (χ1v) is 5.17. The number of hydrogen-bond donors (Lipinski definition) is 0. The minimum Gasteiger partial charge on any atom is -0.192 e. The molecule has 2 atom stereocenters. The van der Waals surface area contributed by atoms with E-state index in [1.807, 2.05) is 13.8 Å². The molecule has 0 aromatic carbocycles. The molecule has 2 unspecified atom stereocenters. The van der Waals surface area contributed by atoms with Crippen LogP contribution in [0, 0.1) is 11.3 Å². The van der Waals surface area contributed by atoms with Gasteiger partial charge in [-0.25, -0.2) is 0 Å². The number of rotatable bonds is 2. The molecule has 0 bridgehead atoms. The third-order valence-electron chi connectivity index (χ3n) is 2.26. The van der Waals surface area contributed by atoms with Crippen LogP contribution in [0.1, 0.15) is 20.3 Å². The standard InChI is InChI=1S/C7H10Br2F2/c1-6(2)3-4(6)5(8)7(9,10)11/h4-5H,3H2,1-2H3. The molecular weight excluding hydrogens is 282 g/mol. The van der Waals surface area contributed by atoms with Gasteiger partial charge in [-0.15, -0.1) is 0 Å². The van der Waals surface area contributed by atoms with Gasteiger partial charge in [0, 0.05) is 0 Å². The molecule has 1 saturated carbocycles. The topological polar surface area (TPSA) is 0 Å². The molecule has 1 aliphatic carbocycles. The van der Waals surface area contributed by atoms with Gasteiger partial charge in [0.15, 0.2) is 0 Å². The van der Waals surface area contributed by atoms with Crippen molar-refractivity contribution in [3.8, 4) is 0 Å². The highest BCUT2D eigenvalue weighted by atomic mass is 79.9. The van der Waals surface area contributed by atoms with Crippen LogP contribution in [0.3, 0.4) is 0 Å². The molecule has 0 amide bonds. The summed E-state index contributed by atoms with van der Waals surface area (Å²) in [5.74, 6) is 0.0943. The molecule has 1 aliphatic rings. The van der Waals surface area contributed by atoms with E-state index in [-0.39, 0.29) is 11.3 Å². The van der Waals surface area contributed by atoms with Crippen molar-refractivity contribution >= 4 is 31.9 Å². The minimum atomic E-state index is -2.77. The van der Waals surface area contributed by atoms with Gasteiger partial charge >= 0.3 is 4.83 Å². The lowest BCUT2D eigenvalue weighted by Crippen LogP contribution is -2.24. The summed E-state index contributed by atoms with van der Waals surface area (Å²) in [6, 6.07) is 0. The maximum absolute atomic E-state index is 12.6. The summed E-state index contributed by atoms with van der Waals surface area (Å²) in [4.78, 5) is -3.50. The zero-order chi connectivity index (χ0) is 8.86. The molecule has 0 heterocycles. The highest BCUT2D eigenvalue weighted by molar-refractivity contribution is 9.12. The van der Waals surface area contributed by atoms with E-state index in [0.717, 1.165) is 6.42 Å². The second-order valence-electron chi connectivity index (χ2n) is 3.74. The van der Waals surface area contributed by atoms with Crippen LogP contribution in [0.15, 0.2) is 0 Å². The van der Waals surface area contributed by atoms with Crippen molar-refractivity contribution in [2.75, 3.05) is 0 Å². The van der Waals surface area contributed by atoms with E-state index < -0.39 is 9.66 Å². The zero-order valence-electron chi connectivity index (χ0n) is 6.37. The molecule has 0 nitrogen and oxygen atoms in total. The normalized spacial score (nSPS) is 31.6. The van der Waals surface area contributed by atoms with Crippen LogP contribution >= 0.6 is 31.9 Å². The first-order chi connectivity index (χ1) is 4.75. The summed E-state index contributed by atoms with van der Waals surface area (Å²) in [6.45, 7) is 4.01. The van der Waals surface area contributed by atoms with Gasteiger partial charge in [-0.05, 0) is 33.7 Å². The van der Waals surface area contributed by atoms with Crippen LogP contribution in [-0.2, 0) is 0 Å². The van der Waals surface area contributed by atoms with E-state index in [2.05, 4.69) is 31.9 Å². The van der Waals surface area contributed by atoms with E-state index in [1.54, 1.807) is 0 Å². The molecule has 4 heteroatoms. The third kappa shape index (κ3) is 2.14. The summed E-state index contributed by atoms with van der Waals surface area (Å²) in [5.41, 5.74) is 0.0887. The van der Waals surface area contributed by atoms with Gasteiger partial charge in [-0.1, -0.05) is 29.8 Å². The molecule has 0 aromatic heterocycles. The van der Waals surface area contributed by atoms with Crippen LogP contribution in [0.25, 0.3) is 0 Å². The molecule has 0 aromatic rings. The average molecular weight is 292 g/mol. The lowest BCUT2D eigenvalue weighted by atomic mass is 10.1. The Bertz CT molecular complexity index is 162. The van der Waals surface area contributed by atoms with Crippen molar-refractivity contribution in [2.45, 2.75) is 29.9 Å². The van der Waals surface area contributed by atoms with Crippen molar-refractivity contribution < 1.29 is 8.78 Å². The predicted octanol–water partition coefficient (Wildman–Crippen LogP) is 3.78. The van der Waals surface area contributed by atoms with Gasteiger partial charge in [0.05, 0.1) is 4.83 Å². The molecule has 1 fully saturated rings. The van der Waals surface area contributed by atoms with Crippen molar-refractivity contribution in [2.24, 2.45) is 11.3 Å². The summed E-state index contributed by atoms with van der Waals surface area (Å²) < 4.78 is 25.2. The lowest BCUT2D eigenvalue weighted by molar-refractivity contribution is 0.103. The summed E-state index contributed by atoms with van der Waals surface area (Å²) in [5, 5.41) is 0. The monoisotopic (exact) mass is 290 g/mol. The van der Waals surface area contributed by atoms with Crippen molar-refractivity contribution in [3.05, 3.63) is 0 Å². The van der Waals surface area contributed by atoms with Crippen molar-refractivity contribution in [1.82, 2.24) is 0 Å². The lowest BCUT2D eigenvalue weighted by Gasteiger charge is -2.16. The Morgan fingerprint density at radius 1 is 1.55 bits per heavy atom. The molecule has 1 rings (SSSR count). The van der Waals surface area contributed by atoms with Gasteiger partial charge in [0.25, 0.3) is 0 Å². The second kappa shape index (κ2) is 2.66. The van der Waals surface area contributed by atoms with E-state index in [9.17, 15) is 8.78 Å². The van der Waals surface area contributed by atoms with Gasteiger partial charge in [-0.2, -0.15) is 8.78 Å². The first-order valence-electron chi connectivity index (χ1n) is 3.46. The first kappa shape index (κ1) is 9.90. The maximum Gasteiger partial charge on any atom is 0.313 e. The molecule has 0 radical (unpaired) electrons. The minimum absolute atomic E-state index is 0.0887. The highest BCUT2D eigenvalue weighted by Crippen LogP contribution is 2.59. The second-order valence-corrected chi connectivity index (χ2v) is 5.79. The van der Waals surface area contributed by atoms with E-state index in [0.29, 0.717) is 0 Å². The van der Waals surface area contributed by atoms with Crippen LogP contribution in [-0.4, -0.2) is 9.66 Å². The zero-order valence-corrected chi connectivity index (χ0v) is 9.55. The number of halogens is 4. The highest BCUT2D eigenvalue weighted by Gasteiger charge is 2.56. The Morgan fingerprint density at radius 3 is 2.00 bits per heavy atom. The van der Waals surface area contributed by atoms with Crippen LogP contribution < -0.4 is 0 Å². The summed E-state index contributed by atoms with van der Waals surface area (Å²) >= 11 is 5.36. The molecule has 11 heavy (non-hydrogen) atoms.